The van der Waals surface area contributed by atoms with Gasteiger partial charge >= 0.3 is 0 Å². The Morgan fingerprint density at radius 2 is 2.09 bits per heavy atom. The zero-order valence-electron chi connectivity index (χ0n) is 12.3. The first-order valence-electron chi connectivity index (χ1n) is 7.15. The van der Waals surface area contributed by atoms with Crippen molar-refractivity contribution >= 4 is 11.8 Å². The standard InChI is InChI=1S/C15H19FN2O4/c1-10(22-9-13-3-2-8-21-13)14(19)17-18-15(20)11-4-6-12(16)7-5-11/h4-7,10,13H,2-3,8-9H2,1H3,(H,17,19)(H,18,20)/t10-,13+/m1/s1. The maximum absolute atomic E-state index is 12.8. The van der Waals surface area contributed by atoms with Gasteiger partial charge in [-0.05, 0) is 44.0 Å². The van der Waals surface area contributed by atoms with Crippen LogP contribution in [0.1, 0.15) is 30.1 Å². The summed E-state index contributed by atoms with van der Waals surface area (Å²) in [5, 5.41) is 0. The molecule has 0 saturated carbocycles. The highest BCUT2D eigenvalue weighted by molar-refractivity contribution is 5.95. The van der Waals surface area contributed by atoms with Crippen molar-refractivity contribution < 1.29 is 23.5 Å². The van der Waals surface area contributed by atoms with Crippen molar-refractivity contribution in [2.75, 3.05) is 13.2 Å². The van der Waals surface area contributed by atoms with Gasteiger partial charge in [0.1, 0.15) is 11.9 Å². The predicted octanol–water partition coefficient (Wildman–Crippen LogP) is 1.17. The van der Waals surface area contributed by atoms with Crippen LogP contribution in [-0.2, 0) is 14.3 Å². The van der Waals surface area contributed by atoms with E-state index in [1.165, 1.54) is 24.3 Å². The normalized spacial score (nSPS) is 18.7. The van der Waals surface area contributed by atoms with Gasteiger partial charge in [0.05, 0.1) is 12.7 Å². The molecule has 120 valence electrons. The van der Waals surface area contributed by atoms with E-state index in [2.05, 4.69) is 10.9 Å². The average Bonchev–Trinajstić information content (AvgIpc) is 3.04. The molecular formula is C15H19FN2O4. The van der Waals surface area contributed by atoms with E-state index in [4.69, 9.17) is 9.47 Å². The van der Waals surface area contributed by atoms with Gasteiger partial charge in [-0.15, -0.1) is 0 Å². The molecule has 1 heterocycles. The molecule has 1 aliphatic heterocycles. The van der Waals surface area contributed by atoms with Crippen LogP contribution in [0.15, 0.2) is 24.3 Å². The number of halogens is 1. The largest absolute Gasteiger partial charge is 0.376 e. The second-order valence-electron chi connectivity index (χ2n) is 5.06. The molecule has 0 bridgehead atoms. The highest BCUT2D eigenvalue weighted by atomic mass is 19.1. The number of carbonyl (C=O) groups is 2. The summed E-state index contributed by atoms with van der Waals surface area (Å²) in [4.78, 5) is 23.5. The van der Waals surface area contributed by atoms with Gasteiger partial charge in [0.25, 0.3) is 11.8 Å². The monoisotopic (exact) mass is 310 g/mol. The molecule has 2 rings (SSSR count). The van der Waals surface area contributed by atoms with Crippen LogP contribution in [0.25, 0.3) is 0 Å². The molecule has 1 fully saturated rings. The van der Waals surface area contributed by atoms with Crippen LogP contribution in [-0.4, -0.2) is 37.2 Å². The van der Waals surface area contributed by atoms with Gasteiger partial charge in [0, 0.05) is 12.2 Å². The first-order chi connectivity index (χ1) is 10.6. The molecule has 7 heteroatoms. The molecule has 1 aromatic carbocycles. The number of amides is 2. The van der Waals surface area contributed by atoms with E-state index in [-0.39, 0.29) is 11.7 Å². The zero-order valence-corrected chi connectivity index (χ0v) is 12.3. The number of hydrogen-bond acceptors (Lipinski definition) is 4. The topological polar surface area (TPSA) is 76.7 Å². The zero-order chi connectivity index (χ0) is 15.9. The quantitative estimate of drug-likeness (QED) is 0.801. The molecule has 2 atom stereocenters. The maximum atomic E-state index is 12.8. The summed E-state index contributed by atoms with van der Waals surface area (Å²) in [5.74, 6) is -1.43. The number of benzene rings is 1. The molecule has 2 N–H and O–H groups in total. The highest BCUT2D eigenvalue weighted by Gasteiger charge is 2.20. The Morgan fingerprint density at radius 3 is 2.73 bits per heavy atom. The number of carbonyl (C=O) groups excluding carboxylic acids is 2. The molecule has 0 aliphatic carbocycles. The van der Waals surface area contributed by atoms with Crippen molar-refractivity contribution in [2.45, 2.75) is 32.0 Å². The Bertz CT molecular complexity index is 515. The van der Waals surface area contributed by atoms with Crippen LogP contribution < -0.4 is 10.9 Å². The number of ether oxygens (including phenoxy) is 2. The van der Waals surface area contributed by atoms with Gasteiger partial charge in [-0.2, -0.15) is 0 Å². The SMILES string of the molecule is C[C@@H](OC[C@@H]1CCCO1)C(=O)NNC(=O)c1ccc(F)cc1. The van der Waals surface area contributed by atoms with E-state index in [9.17, 15) is 14.0 Å². The van der Waals surface area contributed by atoms with Crippen molar-refractivity contribution in [3.8, 4) is 0 Å². The van der Waals surface area contributed by atoms with E-state index < -0.39 is 23.7 Å². The number of rotatable bonds is 5. The smallest absolute Gasteiger partial charge is 0.269 e. The third-order valence-electron chi connectivity index (χ3n) is 3.33. The van der Waals surface area contributed by atoms with Crippen LogP contribution in [0, 0.1) is 5.82 Å². The van der Waals surface area contributed by atoms with E-state index in [1.807, 2.05) is 0 Å². The van der Waals surface area contributed by atoms with Crippen LogP contribution in [0.2, 0.25) is 0 Å². The average molecular weight is 310 g/mol. The molecule has 1 aromatic rings. The molecule has 0 aromatic heterocycles. The Labute approximate surface area is 127 Å². The molecule has 1 saturated heterocycles. The fraction of sp³-hybridized carbons (Fsp3) is 0.467. The number of hydrazine groups is 1. The van der Waals surface area contributed by atoms with Crippen molar-refractivity contribution in [1.29, 1.82) is 0 Å². The van der Waals surface area contributed by atoms with Crippen molar-refractivity contribution in [3.05, 3.63) is 35.6 Å². The summed E-state index contributed by atoms with van der Waals surface area (Å²) in [5.41, 5.74) is 4.77. The number of nitrogens with one attached hydrogen (secondary N) is 2. The third kappa shape index (κ3) is 4.78. The minimum absolute atomic E-state index is 0.0315. The van der Waals surface area contributed by atoms with Crippen molar-refractivity contribution in [3.63, 3.8) is 0 Å². The van der Waals surface area contributed by atoms with Gasteiger partial charge in [-0.25, -0.2) is 4.39 Å². The minimum atomic E-state index is -0.710. The van der Waals surface area contributed by atoms with Gasteiger partial charge < -0.3 is 9.47 Å². The van der Waals surface area contributed by atoms with Crippen LogP contribution in [0.3, 0.4) is 0 Å². The summed E-state index contributed by atoms with van der Waals surface area (Å²) in [6.07, 6.45) is 1.25. The van der Waals surface area contributed by atoms with E-state index in [0.29, 0.717) is 6.61 Å². The minimum Gasteiger partial charge on any atom is -0.376 e. The van der Waals surface area contributed by atoms with Crippen molar-refractivity contribution in [1.82, 2.24) is 10.9 Å². The summed E-state index contributed by atoms with van der Waals surface area (Å²) >= 11 is 0. The van der Waals surface area contributed by atoms with Gasteiger partial charge in [0.2, 0.25) is 0 Å². The van der Waals surface area contributed by atoms with Gasteiger partial charge in [-0.3, -0.25) is 20.4 Å². The molecule has 1 aliphatic rings. The fourth-order valence-electron chi connectivity index (χ4n) is 2.00. The van der Waals surface area contributed by atoms with Crippen molar-refractivity contribution in [2.24, 2.45) is 0 Å². The van der Waals surface area contributed by atoms with Gasteiger partial charge in [-0.1, -0.05) is 0 Å². The second-order valence-corrected chi connectivity index (χ2v) is 5.06. The summed E-state index contributed by atoms with van der Waals surface area (Å²) < 4.78 is 23.5. The van der Waals surface area contributed by atoms with E-state index >= 15 is 0 Å². The summed E-state index contributed by atoms with van der Waals surface area (Å²) in [6.45, 7) is 2.66. The van der Waals surface area contributed by atoms with Crippen LogP contribution >= 0.6 is 0 Å². The van der Waals surface area contributed by atoms with Crippen LogP contribution in [0.4, 0.5) is 4.39 Å². The lowest BCUT2D eigenvalue weighted by atomic mass is 10.2. The summed E-state index contributed by atoms with van der Waals surface area (Å²) in [6, 6.07) is 5.00. The highest BCUT2D eigenvalue weighted by Crippen LogP contribution is 2.12. The molecular weight excluding hydrogens is 291 g/mol. The Kier molecular flexibility index (Phi) is 5.85. The second kappa shape index (κ2) is 7.86. The predicted molar refractivity (Wildman–Crippen MR) is 76.4 cm³/mol. The molecule has 0 unspecified atom stereocenters. The first-order valence-corrected chi connectivity index (χ1v) is 7.15. The Hall–Kier alpha value is -1.99. The lowest BCUT2D eigenvalue weighted by molar-refractivity contribution is -0.134. The van der Waals surface area contributed by atoms with E-state index in [0.717, 1.165) is 19.4 Å². The molecule has 6 nitrogen and oxygen atoms in total. The van der Waals surface area contributed by atoms with E-state index in [1.54, 1.807) is 6.92 Å². The maximum Gasteiger partial charge on any atom is 0.269 e. The van der Waals surface area contributed by atoms with Gasteiger partial charge in [0.15, 0.2) is 0 Å². The fourth-order valence-corrected chi connectivity index (χ4v) is 2.00. The van der Waals surface area contributed by atoms with Crippen LogP contribution in [0.5, 0.6) is 0 Å². The Morgan fingerprint density at radius 1 is 1.36 bits per heavy atom. The molecule has 22 heavy (non-hydrogen) atoms. The lowest BCUT2D eigenvalue weighted by Crippen LogP contribution is -2.46. The third-order valence-corrected chi connectivity index (χ3v) is 3.33. The Balaban J connectivity index is 1.71. The number of hydrogen-bond donors (Lipinski definition) is 2. The summed E-state index contributed by atoms with van der Waals surface area (Å²) in [7, 11) is 0. The molecule has 0 spiro atoms. The lowest BCUT2D eigenvalue weighted by Gasteiger charge is -2.16. The first kappa shape index (κ1) is 16.4. The molecule has 2 amide bonds. The molecule has 0 radical (unpaired) electrons.